The number of carbonyl (C=O) groups excluding carboxylic acids is 1. The second-order valence-corrected chi connectivity index (χ2v) is 9.66. The topological polar surface area (TPSA) is 50.7 Å². The molecule has 4 nitrogen and oxygen atoms in total. The monoisotopic (exact) mass is 490 g/mol. The van der Waals surface area contributed by atoms with Crippen molar-refractivity contribution in [2.24, 2.45) is 10.4 Å². The molecule has 1 unspecified atom stereocenters. The normalized spacial score (nSPS) is 13.3. The molecule has 0 aromatic heterocycles. The van der Waals surface area contributed by atoms with E-state index in [0.29, 0.717) is 5.84 Å². The number of aliphatic imine (C=N–C) groups is 1. The Morgan fingerprint density at radius 1 is 0.892 bits per heavy atom. The predicted octanol–water partition coefficient (Wildman–Crippen LogP) is 7.60. The lowest BCUT2D eigenvalue weighted by molar-refractivity contribution is -0.128. The zero-order valence-corrected chi connectivity index (χ0v) is 22.2. The van der Waals surface area contributed by atoms with Gasteiger partial charge in [0.15, 0.2) is 0 Å². The molecule has 0 fully saturated rings. The molecule has 4 heteroatoms. The Kier molecular flexibility index (Phi) is 7.88. The Balaban J connectivity index is 1.67. The van der Waals surface area contributed by atoms with Crippen molar-refractivity contribution in [3.63, 3.8) is 0 Å². The van der Waals surface area contributed by atoms with E-state index in [1.165, 1.54) is 0 Å². The van der Waals surface area contributed by atoms with E-state index in [1.54, 1.807) is 7.11 Å². The molecule has 0 heterocycles. The van der Waals surface area contributed by atoms with Crippen molar-refractivity contribution >= 4 is 28.2 Å². The van der Waals surface area contributed by atoms with Crippen molar-refractivity contribution in [1.29, 1.82) is 0 Å². The van der Waals surface area contributed by atoms with Crippen LogP contribution in [0.3, 0.4) is 0 Å². The van der Waals surface area contributed by atoms with Crippen LogP contribution in [0.5, 0.6) is 5.75 Å². The standard InChI is InChI=1S/C33H34N2O2/c1-6-29(27-21-14-18-24-15-10-11-19-26(24)27)34-23(2)35-32(36)33(3,4)31(25-16-8-7-9-17-25)28-20-12-13-22-30(28)37-5/h6-22,31H,1-5H3,(H,34,35,36)/b29-6-. The van der Waals surface area contributed by atoms with Gasteiger partial charge in [0.25, 0.3) is 0 Å². The Hall–Kier alpha value is -4.18. The van der Waals surface area contributed by atoms with Crippen molar-refractivity contribution in [2.75, 3.05) is 7.11 Å². The molecule has 0 spiro atoms. The summed E-state index contributed by atoms with van der Waals surface area (Å²) >= 11 is 0. The first-order valence-electron chi connectivity index (χ1n) is 12.6. The third-order valence-corrected chi connectivity index (χ3v) is 6.81. The second kappa shape index (κ2) is 11.3. The number of hydrogen-bond acceptors (Lipinski definition) is 3. The van der Waals surface area contributed by atoms with Crippen LogP contribution in [0.2, 0.25) is 0 Å². The van der Waals surface area contributed by atoms with Gasteiger partial charge in [0.05, 0.1) is 18.2 Å². The zero-order valence-electron chi connectivity index (χ0n) is 22.2. The van der Waals surface area contributed by atoms with Crippen LogP contribution in [0, 0.1) is 5.41 Å². The molecule has 0 radical (unpaired) electrons. The van der Waals surface area contributed by atoms with E-state index in [0.717, 1.165) is 38.9 Å². The highest BCUT2D eigenvalue weighted by Crippen LogP contribution is 2.44. The highest BCUT2D eigenvalue weighted by Gasteiger charge is 2.40. The van der Waals surface area contributed by atoms with Crippen molar-refractivity contribution < 1.29 is 9.53 Å². The van der Waals surface area contributed by atoms with Gasteiger partial charge in [-0.25, -0.2) is 4.99 Å². The molecule has 0 saturated carbocycles. The average molecular weight is 491 g/mol. The van der Waals surface area contributed by atoms with Gasteiger partial charge >= 0.3 is 0 Å². The zero-order chi connectivity index (χ0) is 26.4. The molecule has 0 aliphatic rings. The number of nitrogens with zero attached hydrogens (tertiary/aromatic N) is 1. The molecule has 0 aliphatic heterocycles. The summed E-state index contributed by atoms with van der Waals surface area (Å²) in [6.45, 7) is 7.75. The van der Waals surface area contributed by atoms with E-state index in [4.69, 9.17) is 9.73 Å². The first kappa shape index (κ1) is 25.9. The van der Waals surface area contributed by atoms with Gasteiger partial charge in [0.2, 0.25) is 5.91 Å². The van der Waals surface area contributed by atoms with Gasteiger partial charge in [-0.05, 0) is 36.2 Å². The number of methoxy groups -OCH3 is 1. The van der Waals surface area contributed by atoms with E-state index in [-0.39, 0.29) is 11.8 Å². The summed E-state index contributed by atoms with van der Waals surface area (Å²) in [4.78, 5) is 18.7. The SMILES string of the molecule is C/C=C(\N=C(C)NC(=O)C(C)(C)C(c1ccccc1)c1ccccc1OC)c1cccc2ccccc12. The lowest BCUT2D eigenvalue weighted by atomic mass is 9.70. The highest BCUT2D eigenvalue weighted by molar-refractivity contribution is 6.03. The smallest absolute Gasteiger partial charge is 0.231 e. The lowest BCUT2D eigenvalue weighted by Crippen LogP contribution is -2.43. The number of para-hydroxylation sites is 1. The van der Waals surface area contributed by atoms with Gasteiger partial charge in [-0.15, -0.1) is 0 Å². The van der Waals surface area contributed by atoms with Gasteiger partial charge in [-0.2, -0.15) is 0 Å². The minimum Gasteiger partial charge on any atom is -0.496 e. The Morgan fingerprint density at radius 3 is 2.27 bits per heavy atom. The minimum absolute atomic E-state index is 0.109. The number of hydrogen-bond donors (Lipinski definition) is 1. The van der Waals surface area contributed by atoms with Crippen LogP contribution in [0.1, 0.15) is 50.3 Å². The van der Waals surface area contributed by atoms with Gasteiger partial charge in [0.1, 0.15) is 11.6 Å². The van der Waals surface area contributed by atoms with Crippen LogP contribution < -0.4 is 10.1 Å². The Labute approximate surface area is 219 Å². The highest BCUT2D eigenvalue weighted by atomic mass is 16.5. The fourth-order valence-electron chi connectivity index (χ4n) is 4.93. The molecular weight excluding hydrogens is 456 g/mol. The molecule has 0 bridgehead atoms. The summed E-state index contributed by atoms with van der Waals surface area (Å²) in [5.74, 6) is 0.972. The van der Waals surface area contributed by atoms with Crippen LogP contribution in [0.25, 0.3) is 16.5 Å². The van der Waals surface area contributed by atoms with Gasteiger partial charge in [0, 0.05) is 17.0 Å². The Bertz CT molecular complexity index is 1450. The fourth-order valence-corrected chi connectivity index (χ4v) is 4.93. The van der Waals surface area contributed by atoms with Crippen molar-refractivity contribution in [3.8, 4) is 5.75 Å². The molecule has 0 saturated heterocycles. The number of ether oxygens (including phenoxy) is 1. The quantitative estimate of drug-likeness (QED) is 0.214. The van der Waals surface area contributed by atoms with Gasteiger partial charge in [-0.1, -0.05) is 111 Å². The third-order valence-electron chi connectivity index (χ3n) is 6.81. The summed E-state index contributed by atoms with van der Waals surface area (Å²) in [6, 6.07) is 32.4. The predicted molar refractivity (Wildman–Crippen MR) is 154 cm³/mol. The van der Waals surface area contributed by atoms with E-state index < -0.39 is 5.41 Å². The number of allylic oxidation sites excluding steroid dienone is 1. The molecule has 4 aromatic carbocycles. The lowest BCUT2D eigenvalue weighted by Gasteiger charge is -2.34. The van der Waals surface area contributed by atoms with E-state index >= 15 is 0 Å². The summed E-state index contributed by atoms with van der Waals surface area (Å²) in [5, 5.41) is 5.37. The van der Waals surface area contributed by atoms with Crippen molar-refractivity contribution in [3.05, 3.63) is 120 Å². The van der Waals surface area contributed by atoms with Crippen molar-refractivity contribution in [1.82, 2.24) is 5.32 Å². The third kappa shape index (κ3) is 5.49. The number of rotatable bonds is 7. The molecule has 0 aliphatic carbocycles. The molecule has 188 valence electrons. The van der Waals surface area contributed by atoms with E-state index in [9.17, 15) is 4.79 Å². The molecule has 4 aromatic rings. The molecule has 37 heavy (non-hydrogen) atoms. The summed E-state index contributed by atoms with van der Waals surface area (Å²) in [6.07, 6.45) is 1.98. The number of fused-ring (bicyclic) bond motifs is 1. The maximum Gasteiger partial charge on any atom is 0.231 e. The van der Waals surface area contributed by atoms with Crippen LogP contribution in [0.4, 0.5) is 0 Å². The molecular formula is C33H34N2O2. The average Bonchev–Trinajstić information content (AvgIpc) is 2.92. The van der Waals surface area contributed by atoms with Crippen LogP contribution in [-0.4, -0.2) is 18.9 Å². The number of benzene rings is 4. The molecule has 1 atom stereocenters. The molecule has 1 N–H and O–H groups in total. The molecule has 4 rings (SSSR count). The number of carbonyl (C=O) groups is 1. The van der Waals surface area contributed by atoms with E-state index in [2.05, 4.69) is 41.7 Å². The minimum atomic E-state index is -0.803. The molecule has 1 amide bonds. The maximum absolute atomic E-state index is 13.8. The number of nitrogens with one attached hydrogen (secondary N) is 1. The van der Waals surface area contributed by atoms with Gasteiger partial charge < -0.3 is 10.1 Å². The number of amides is 1. The fraction of sp³-hybridized carbons (Fsp3) is 0.212. The summed E-state index contributed by atoms with van der Waals surface area (Å²) in [5.41, 5.74) is 3.06. The van der Waals surface area contributed by atoms with E-state index in [1.807, 2.05) is 94.4 Å². The second-order valence-electron chi connectivity index (χ2n) is 9.66. The first-order chi connectivity index (χ1) is 17.9. The summed E-state index contributed by atoms with van der Waals surface area (Å²) < 4.78 is 5.69. The Morgan fingerprint density at radius 2 is 1.54 bits per heavy atom. The van der Waals surface area contributed by atoms with Crippen LogP contribution >= 0.6 is 0 Å². The van der Waals surface area contributed by atoms with Crippen LogP contribution in [-0.2, 0) is 4.79 Å². The van der Waals surface area contributed by atoms with Crippen molar-refractivity contribution in [2.45, 2.75) is 33.6 Å². The summed E-state index contributed by atoms with van der Waals surface area (Å²) in [7, 11) is 1.66. The maximum atomic E-state index is 13.8. The largest absolute Gasteiger partial charge is 0.496 e. The van der Waals surface area contributed by atoms with Crippen LogP contribution in [0.15, 0.2) is 108 Å². The van der Waals surface area contributed by atoms with Gasteiger partial charge in [-0.3, -0.25) is 4.79 Å². The number of amidine groups is 1. The first-order valence-corrected chi connectivity index (χ1v) is 12.6.